The van der Waals surface area contributed by atoms with Gasteiger partial charge in [-0.2, -0.15) is 0 Å². The Kier molecular flexibility index (Phi) is 5.72. The summed E-state index contributed by atoms with van der Waals surface area (Å²) in [5.74, 6) is -2.74. The van der Waals surface area contributed by atoms with Gasteiger partial charge in [-0.1, -0.05) is 32.4 Å². The van der Waals surface area contributed by atoms with Crippen molar-refractivity contribution in [1.29, 1.82) is 0 Å². The van der Waals surface area contributed by atoms with Crippen molar-refractivity contribution in [1.82, 2.24) is 0 Å². The summed E-state index contributed by atoms with van der Waals surface area (Å²) in [4.78, 5) is 24.3. The summed E-state index contributed by atoms with van der Waals surface area (Å²) in [6.45, 7) is 7.10. The predicted octanol–water partition coefficient (Wildman–Crippen LogP) is 3.64. The smallest absolute Gasteiger partial charge is 0.319 e. The van der Waals surface area contributed by atoms with Crippen LogP contribution in [-0.4, -0.2) is 18.5 Å². The molecule has 0 saturated heterocycles. The number of esters is 1. The van der Waals surface area contributed by atoms with E-state index in [2.05, 4.69) is 5.32 Å². The molecule has 0 aliphatic carbocycles. The Morgan fingerprint density at radius 2 is 2.00 bits per heavy atom. The van der Waals surface area contributed by atoms with Crippen LogP contribution in [0.4, 0.5) is 10.1 Å². The minimum absolute atomic E-state index is 0.125. The van der Waals surface area contributed by atoms with Crippen LogP contribution in [0, 0.1) is 17.2 Å². The van der Waals surface area contributed by atoms with Crippen molar-refractivity contribution in [3.05, 3.63) is 29.0 Å². The molecule has 0 aliphatic rings. The number of anilines is 1. The van der Waals surface area contributed by atoms with Crippen LogP contribution < -0.4 is 5.32 Å². The predicted molar refractivity (Wildman–Crippen MR) is 79.6 cm³/mol. The summed E-state index contributed by atoms with van der Waals surface area (Å²) in [6.07, 6.45) is 0. The summed E-state index contributed by atoms with van der Waals surface area (Å²) in [7, 11) is 0. The molecule has 4 nitrogen and oxygen atoms in total. The number of ether oxygens (including phenoxy) is 1. The van der Waals surface area contributed by atoms with Crippen molar-refractivity contribution in [2.75, 3.05) is 11.9 Å². The molecule has 1 unspecified atom stereocenters. The summed E-state index contributed by atoms with van der Waals surface area (Å²) in [5.41, 5.74) is -0.518. The standard InChI is InChI=1S/C15H19ClFNO3/c1-5-21-14(20)12(15(2,3)4)13(19)18-11-8-9(17)6-7-10(11)16/h6-8,12H,5H2,1-4H3,(H,18,19). The van der Waals surface area contributed by atoms with E-state index in [0.717, 1.165) is 6.07 Å². The molecule has 0 aromatic heterocycles. The lowest BCUT2D eigenvalue weighted by Crippen LogP contribution is -2.40. The molecule has 1 atom stereocenters. The van der Waals surface area contributed by atoms with Crippen LogP contribution in [-0.2, 0) is 14.3 Å². The highest BCUT2D eigenvalue weighted by molar-refractivity contribution is 6.33. The number of hydrogen-bond donors (Lipinski definition) is 1. The monoisotopic (exact) mass is 315 g/mol. The van der Waals surface area contributed by atoms with Gasteiger partial charge >= 0.3 is 5.97 Å². The molecule has 0 radical (unpaired) electrons. The van der Waals surface area contributed by atoms with Gasteiger partial charge in [0, 0.05) is 0 Å². The average molecular weight is 316 g/mol. The lowest BCUT2D eigenvalue weighted by molar-refractivity contribution is -0.155. The maximum absolute atomic E-state index is 13.2. The Balaban J connectivity index is 3.01. The topological polar surface area (TPSA) is 55.4 Å². The second kappa shape index (κ2) is 6.89. The summed E-state index contributed by atoms with van der Waals surface area (Å²) >= 11 is 5.90. The van der Waals surface area contributed by atoms with Gasteiger partial charge < -0.3 is 10.1 Å². The first kappa shape index (κ1) is 17.4. The van der Waals surface area contributed by atoms with E-state index in [1.165, 1.54) is 12.1 Å². The van der Waals surface area contributed by atoms with Crippen LogP contribution >= 0.6 is 11.6 Å². The quantitative estimate of drug-likeness (QED) is 0.681. The number of carbonyl (C=O) groups is 2. The lowest BCUT2D eigenvalue weighted by Gasteiger charge is -2.27. The third-order valence-electron chi connectivity index (χ3n) is 2.84. The molecular weight excluding hydrogens is 297 g/mol. The van der Waals surface area contributed by atoms with Gasteiger partial charge in [0.25, 0.3) is 0 Å². The van der Waals surface area contributed by atoms with Crippen LogP contribution in [0.1, 0.15) is 27.7 Å². The number of hydrogen-bond acceptors (Lipinski definition) is 3. The van der Waals surface area contributed by atoms with Crippen LogP contribution in [0.25, 0.3) is 0 Å². The fraction of sp³-hybridized carbons (Fsp3) is 0.467. The van der Waals surface area contributed by atoms with Gasteiger partial charge in [0.1, 0.15) is 11.7 Å². The molecule has 1 N–H and O–H groups in total. The number of rotatable bonds is 4. The SMILES string of the molecule is CCOC(=O)C(C(=O)Nc1cc(F)ccc1Cl)C(C)(C)C. The first-order valence-corrected chi connectivity index (χ1v) is 6.97. The van der Waals surface area contributed by atoms with Crippen molar-refractivity contribution in [3.8, 4) is 0 Å². The van der Waals surface area contributed by atoms with E-state index in [9.17, 15) is 14.0 Å². The molecule has 6 heteroatoms. The maximum atomic E-state index is 13.2. The Labute approximate surface area is 128 Å². The van der Waals surface area contributed by atoms with Gasteiger partial charge in [-0.25, -0.2) is 4.39 Å². The molecule has 0 spiro atoms. The zero-order chi connectivity index (χ0) is 16.2. The van der Waals surface area contributed by atoms with E-state index >= 15 is 0 Å². The van der Waals surface area contributed by atoms with E-state index in [0.29, 0.717) is 0 Å². The molecule has 0 saturated carbocycles. The number of amides is 1. The Morgan fingerprint density at radius 1 is 1.38 bits per heavy atom. The van der Waals surface area contributed by atoms with Crippen molar-refractivity contribution in [2.24, 2.45) is 11.3 Å². The van der Waals surface area contributed by atoms with E-state index in [-0.39, 0.29) is 17.3 Å². The van der Waals surface area contributed by atoms with Gasteiger partial charge in [-0.05, 0) is 30.5 Å². The number of nitrogens with one attached hydrogen (secondary N) is 1. The molecule has 21 heavy (non-hydrogen) atoms. The van der Waals surface area contributed by atoms with Crippen molar-refractivity contribution in [3.63, 3.8) is 0 Å². The molecule has 0 heterocycles. The van der Waals surface area contributed by atoms with E-state index in [1.54, 1.807) is 27.7 Å². The van der Waals surface area contributed by atoms with Gasteiger partial charge in [0.2, 0.25) is 5.91 Å². The largest absolute Gasteiger partial charge is 0.465 e. The Bertz CT molecular complexity index is 540. The molecule has 1 amide bonds. The zero-order valence-electron chi connectivity index (χ0n) is 12.5. The van der Waals surface area contributed by atoms with Crippen molar-refractivity contribution in [2.45, 2.75) is 27.7 Å². The average Bonchev–Trinajstić information content (AvgIpc) is 2.32. The fourth-order valence-corrected chi connectivity index (χ4v) is 2.04. The third kappa shape index (κ3) is 4.70. The lowest BCUT2D eigenvalue weighted by atomic mass is 9.80. The molecule has 0 aliphatic heterocycles. The van der Waals surface area contributed by atoms with Crippen LogP contribution in [0.2, 0.25) is 5.02 Å². The van der Waals surface area contributed by atoms with Crippen LogP contribution in [0.15, 0.2) is 18.2 Å². The molecule has 0 bridgehead atoms. The number of benzene rings is 1. The van der Waals surface area contributed by atoms with Crippen LogP contribution in [0.3, 0.4) is 0 Å². The summed E-state index contributed by atoms with van der Waals surface area (Å²) in [6, 6.07) is 3.62. The second-order valence-corrected chi connectivity index (χ2v) is 6.07. The molecule has 1 aromatic carbocycles. The second-order valence-electron chi connectivity index (χ2n) is 5.66. The molecule has 1 rings (SSSR count). The van der Waals surface area contributed by atoms with E-state index in [4.69, 9.17) is 16.3 Å². The van der Waals surface area contributed by atoms with E-state index in [1.807, 2.05) is 0 Å². The summed E-state index contributed by atoms with van der Waals surface area (Å²) in [5, 5.41) is 2.68. The molecule has 1 aromatic rings. The highest BCUT2D eigenvalue weighted by atomic mass is 35.5. The zero-order valence-corrected chi connectivity index (χ0v) is 13.3. The number of halogens is 2. The maximum Gasteiger partial charge on any atom is 0.319 e. The van der Waals surface area contributed by atoms with Crippen LogP contribution in [0.5, 0.6) is 0 Å². The first-order valence-electron chi connectivity index (χ1n) is 6.59. The highest BCUT2D eigenvalue weighted by Gasteiger charge is 2.39. The Morgan fingerprint density at radius 3 is 2.52 bits per heavy atom. The van der Waals surface area contributed by atoms with Crippen molar-refractivity contribution < 1.29 is 18.7 Å². The fourth-order valence-electron chi connectivity index (χ4n) is 1.88. The van der Waals surface area contributed by atoms with E-state index < -0.39 is 29.0 Å². The van der Waals surface area contributed by atoms with Gasteiger partial charge in [0.05, 0.1) is 17.3 Å². The molecule has 0 fully saturated rings. The first-order chi connectivity index (χ1) is 9.66. The summed E-state index contributed by atoms with van der Waals surface area (Å²) < 4.78 is 18.1. The molecule has 116 valence electrons. The third-order valence-corrected chi connectivity index (χ3v) is 3.17. The Hall–Kier alpha value is -1.62. The normalized spacial score (nSPS) is 12.7. The van der Waals surface area contributed by atoms with Gasteiger partial charge in [-0.3, -0.25) is 9.59 Å². The molecular formula is C15H19ClFNO3. The minimum Gasteiger partial charge on any atom is -0.465 e. The van der Waals surface area contributed by atoms with Gasteiger partial charge in [0.15, 0.2) is 0 Å². The van der Waals surface area contributed by atoms with Gasteiger partial charge in [-0.15, -0.1) is 0 Å². The highest BCUT2D eigenvalue weighted by Crippen LogP contribution is 2.30. The van der Waals surface area contributed by atoms with Crippen molar-refractivity contribution >= 4 is 29.2 Å². The number of carbonyl (C=O) groups excluding carboxylic acids is 2. The minimum atomic E-state index is -1.02.